The lowest BCUT2D eigenvalue weighted by Gasteiger charge is -2.19. The van der Waals surface area contributed by atoms with E-state index >= 15 is 0 Å². The van der Waals surface area contributed by atoms with E-state index in [0.29, 0.717) is 0 Å². The molecule has 0 spiro atoms. The Hall–Kier alpha value is -2.69. The number of carbonyl (C=O) groups excluding carboxylic acids is 2. The van der Waals surface area contributed by atoms with Gasteiger partial charge in [-0.15, -0.1) is 0 Å². The van der Waals surface area contributed by atoms with Crippen LogP contribution in [0.1, 0.15) is 45.2 Å². The highest BCUT2D eigenvalue weighted by atomic mass is 16.2. The molecule has 2 rings (SSSR count). The minimum atomic E-state index is -0.793. The monoisotopic (exact) mass is 332 g/mol. The van der Waals surface area contributed by atoms with Crippen molar-refractivity contribution in [2.24, 2.45) is 5.92 Å². The molecule has 1 aromatic rings. The Labute approximate surface area is 138 Å². The van der Waals surface area contributed by atoms with Crippen molar-refractivity contribution in [1.29, 1.82) is 5.26 Å². The van der Waals surface area contributed by atoms with E-state index in [2.05, 4.69) is 5.32 Å². The van der Waals surface area contributed by atoms with Gasteiger partial charge >= 0.3 is 5.69 Å². The molecule has 1 aromatic heterocycles. The molecule has 1 heterocycles. The number of nitrogens with zero attached hydrogens (tertiary/aromatic N) is 3. The average Bonchev–Trinajstić information content (AvgIpc) is 3.33. The maximum absolute atomic E-state index is 12.4. The van der Waals surface area contributed by atoms with Gasteiger partial charge in [-0.1, -0.05) is 13.8 Å². The number of amides is 1. The van der Waals surface area contributed by atoms with Gasteiger partial charge < -0.3 is 5.32 Å². The number of nitriles is 1. The van der Waals surface area contributed by atoms with Gasteiger partial charge in [0.1, 0.15) is 18.2 Å². The Morgan fingerprint density at radius 1 is 1.38 bits per heavy atom. The van der Waals surface area contributed by atoms with E-state index < -0.39 is 29.7 Å². The zero-order valence-corrected chi connectivity index (χ0v) is 13.9. The number of Topliss-reactive ketones (excluding diaryl/α,β-unsaturated/α-hetero) is 1. The first-order chi connectivity index (χ1) is 11.3. The molecule has 0 aromatic carbocycles. The highest BCUT2D eigenvalue weighted by Gasteiger charge is 2.28. The van der Waals surface area contributed by atoms with Crippen molar-refractivity contribution < 1.29 is 9.59 Å². The maximum atomic E-state index is 12.4. The van der Waals surface area contributed by atoms with Crippen LogP contribution in [0.15, 0.2) is 15.8 Å². The fourth-order valence-electron chi connectivity index (χ4n) is 2.55. The lowest BCUT2D eigenvalue weighted by molar-refractivity contribution is -0.128. The average molecular weight is 332 g/mol. The molecule has 8 heteroatoms. The number of rotatable bonds is 6. The molecule has 1 fully saturated rings. The predicted octanol–water partition coefficient (Wildman–Crippen LogP) is -0.0536. The van der Waals surface area contributed by atoms with E-state index in [-0.39, 0.29) is 23.3 Å². The van der Waals surface area contributed by atoms with Gasteiger partial charge in [-0.2, -0.15) is 5.26 Å². The van der Waals surface area contributed by atoms with E-state index in [1.54, 1.807) is 19.9 Å². The summed E-state index contributed by atoms with van der Waals surface area (Å²) in [6.45, 7) is 4.42. The van der Waals surface area contributed by atoms with Crippen LogP contribution in [-0.4, -0.2) is 26.9 Å². The zero-order chi connectivity index (χ0) is 18.0. The number of aromatic nitrogens is 2. The molecule has 1 aliphatic carbocycles. The van der Waals surface area contributed by atoms with Crippen LogP contribution in [0, 0.1) is 17.2 Å². The van der Waals surface area contributed by atoms with Gasteiger partial charge in [-0.05, 0) is 25.7 Å². The molecule has 0 saturated heterocycles. The van der Waals surface area contributed by atoms with E-state index in [1.807, 2.05) is 0 Å². The third-order valence-electron chi connectivity index (χ3n) is 3.98. The van der Waals surface area contributed by atoms with Crippen molar-refractivity contribution in [2.45, 2.75) is 52.2 Å². The van der Waals surface area contributed by atoms with Gasteiger partial charge in [0.15, 0.2) is 5.78 Å². The molecule has 0 radical (unpaired) electrons. The van der Waals surface area contributed by atoms with Gasteiger partial charge in [-0.25, -0.2) is 9.36 Å². The van der Waals surface area contributed by atoms with Crippen molar-refractivity contribution in [1.82, 2.24) is 14.5 Å². The Morgan fingerprint density at radius 2 is 2.00 bits per heavy atom. The van der Waals surface area contributed by atoms with Gasteiger partial charge in [0.2, 0.25) is 5.91 Å². The number of hydrogen-bond acceptors (Lipinski definition) is 5. The Bertz CT molecular complexity index is 824. The van der Waals surface area contributed by atoms with Crippen LogP contribution in [-0.2, 0) is 16.1 Å². The second-order valence-electron chi connectivity index (χ2n) is 6.37. The summed E-state index contributed by atoms with van der Waals surface area (Å²) in [5.74, 6) is -0.927. The Balaban J connectivity index is 2.32. The van der Waals surface area contributed by atoms with Gasteiger partial charge in [-0.3, -0.25) is 19.0 Å². The van der Waals surface area contributed by atoms with Crippen molar-refractivity contribution in [3.63, 3.8) is 0 Å². The van der Waals surface area contributed by atoms with Crippen LogP contribution in [0.3, 0.4) is 0 Å². The molecule has 8 nitrogen and oxygen atoms in total. The third-order valence-corrected chi connectivity index (χ3v) is 3.98. The number of ketones is 1. The quantitative estimate of drug-likeness (QED) is 0.784. The molecule has 1 atom stereocenters. The summed E-state index contributed by atoms with van der Waals surface area (Å²) < 4.78 is 2.09. The van der Waals surface area contributed by atoms with Crippen LogP contribution in [0.4, 0.5) is 0 Å². The molecule has 128 valence electrons. The molecule has 1 amide bonds. The molecule has 1 N–H and O–H groups in total. The standard InChI is InChI=1S/C16H20N4O4/c1-9(2)14(10(3)21)18-13(22)8-20-15(23)11(6-17)7-19(16(20)24)12-4-5-12/h7,9,12,14H,4-5,8H2,1-3H3,(H,18,22). The minimum Gasteiger partial charge on any atom is -0.344 e. The summed E-state index contributed by atoms with van der Waals surface area (Å²) in [5.41, 5.74) is -1.58. The van der Waals surface area contributed by atoms with E-state index in [0.717, 1.165) is 17.4 Å². The van der Waals surface area contributed by atoms with Crippen molar-refractivity contribution in [3.05, 3.63) is 32.6 Å². The lowest BCUT2D eigenvalue weighted by atomic mass is 10.0. The molecular weight excluding hydrogens is 312 g/mol. The smallest absolute Gasteiger partial charge is 0.331 e. The fraction of sp³-hybridized carbons (Fsp3) is 0.562. The van der Waals surface area contributed by atoms with Gasteiger partial charge in [0.25, 0.3) is 5.56 Å². The lowest BCUT2D eigenvalue weighted by Crippen LogP contribution is -2.48. The fourth-order valence-corrected chi connectivity index (χ4v) is 2.55. The van der Waals surface area contributed by atoms with Crippen LogP contribution < -0.4 is 16.6 Å². The summed E-state index contributed by atoms with van der Waals surface area (Å²) in [5, 5.41) is 11.6. The second-order valence-corrected chi connectivity index (χ2v) is 6.37. The van der Waals surface area contributed by atoms with Crippen molar-refractivity contribution in [3.8, 4) is 6.07 Å². The van der Waals surface area contributed by atoms with Crippen molar-refractivity contribution >= 4 is 11.7 Å². The molecule has 1 aliphatic rings. The van der Waals surface area contributed by atoms with Crippen LogP contribution in [0.2, 0.25) is 0 Å². The minimum absolute atomic E-state index is 0.0276. The normalized spacial score (nSPS) is 15.0. The topological polar surface area (TPSA) is 114 Å². The molecule has 1 unspecified atom stereocenters. The molecule has 0 aliphatic heterocycles. The van der Waals surface area contributed by atoms with Crippen molar-refractivity contribution in [2.75, 3.05) is 0 Å². The highest BCUT2D eigenvalue weighted by molar-refractivity contribution is 5.87. The molecular formula is C16H20N4O4. The number of hydrogen-bond donors (Lipinski definition) is 1. The van der Waals surface area contributed by atoms with E-state index in [9.17, 15) is 19.2 Å². The van der Waals surface area contributed by atoms with Crippen LogP contribution >= 0.6 is 0 Å². The molecule has 0 bridgehead atoms. The zero-order valence-electron chi connectivity index (χ0n) is 13.9. The maximum Gasteiger partial charge on any atom is 0.331 e. The Kier molecular flexibility index (Phi) is 5.02. The SMILES string of the molecule is CC(=O)C(NC(=O)Cn1c(=O)c(C#N)cn(C2CC2)c1=O)C(C)C. The summed E-state index contributed by atoms with van der Waals surface area (Å²) in [6, 6.07) is 1.05. The summed E-state index contributed by atoms with van der Waals surface area (Å²) >= 11 is 0. The summed E-state index contributed by atoms with van der Waals surface area (Å²) in [4.78, 5) is 48.3. The van der Waals surface area contributed by atoms with Crippen LogP contribution in [0.5, 0.6) is 0 Å². The van der Waals surface area contributed by atoms with Gasteiger partial charge in [0.05, 0.1) is 6.04 Å². The predicted molar refractivity (Wildman–Crippen MR) is 85.4 cm³/mol. The molecule has 1 saturated carbocycles. The van der Waals surface area contributed by atoms with Gasteiger partial charge in [0, 0.05) is 12.2 Å². The van der Waals surface area contributed by atoms with Crippen LogP contribution in [0.25, 0.3) is 0 Å². The third kappa shape index (κ3) is 3.62. The summed E-state index contributed by atoms with van der Waals surface area (Å²) in [6.07, 6.45) is 2.85. The highest BCUT2D eigenvalue weighted by Crippen LogP contribution is 2.33. The summed E-state index contributed by atoms with van der Waals surface area (Å²) in [7, 11) is 0. The first-order valence-corrected chi connectivity index (χ1v) is 7.82. The first kappa shape index (κ1) is 17.7. The Morgan fingerprint density at radius 3 is 2.46 bits per heavy atom. The molecule has 24 heavy (non-hydrogen) atoms. The number of carbonyl (C=O) groups is 2. The number of nitrogens with one attached hydrogen (secondary N) is 1. The largest absolute Gasteiger partial charge is 0.344 e. The van der Waals surface area contributed by atoms with E-state index in [4.69, 9.17) is 5.26 Å². The van der Waals surface area contributed by atoms with E-state index in [1.165, 1.54) is 17.7 Å². The second kappa shape index (κ2) is 6.83. The first-order valence-electron chi connectivity index (χ1n) is 7.82.